The highest BCUT2D eigenvalue weighted by atomic mass is 32.2. The number of rotatable bonds is 4. The Morgan fingerprint density at radius 3 is 2.59 bits per heavy atom. The number of aryl methyl sites for hydroxylation is 2. The number of benzene rings is 1. The Hall–Kier alpha value is -2.45. The maximum Gasteiger partial charge on any atom is 0.261 e. The molecule has 0 saturated carbocycles. The lowest BCUT2D eigenvalue weighted by atomic mass is 10.1. The number of hydrogen-bond acceptors (Lipinski definition) is 4. The first-order valence-corrected chi connectivity index (χ1v) is 10.2. The molecule has 144 valence electrons. The molecule has 8 heteroatoms. The molecule has 0 radical (unpaired) electrons. The van der Waals surface area contributed by atoms with E-state index in [0.29, 0.717) is 5.69 Å². The fraction of sp³-hybridized carbons (Fsp3) is 0.368. The topological polar surface area (TPSA) is 108 Å². The van der Waals surface area contributed by atoms with Crippen LogP contribution in [0.5, 0.6) is 0 Å². The summed E-state index contributed by atoms with van der Waals surface area (Å²) < 4.78 is 27.5. The van der Waals surface area contributed by atoms with E-state index >= 15 is 0 Å². The molecule has 27 heavy (non-hydrogen) atoms. The van der Waals surface area contributed by atoms with Crippen LogP contribution in [-0.2, 0) is 22.9 Å². The predicted molar refractivity (Wildman–Crippen MR) is 104 cm³/mol. The lowest BCUT2D eigenvalue weighted by Gasteiger charge is -2.20. The number of nitrogens with one attached hydrogen (secondary N) is 3. The van der Waals surface area contributed by atoms with E-state index in [1.165, 1.54) is 12.1 Å². The number of anilines is 1. The number of carbonyl (C=O) groups is 1. The zero-order chi connectivity index (χ0) is 19.8. The van der Waals surface area contributed by atoms with E-state index in [9.17, 15) is 18.0 Å². The van der Waals surface area contributed by atoms with Gasteiger partial charge in [-0.2, -0.15) is 0 Å². The van der Waals surface area contributed by atoms with Crippen LogP contribution in [0.15, 0.2) is 40.0 Å². The van der Waals surface area contributed by atoms with Crippen LogP contribution in [0.2, 0.25) is 0 Å². The van der Waals surface area contributed by atoms with E-state index in [1.807, 2.05) is 0 Å². The van der Waals surface area contributed by atoms with Crippen molar-refractivity contribution in [2.75, 3.05) is 5.32 Å². The van der Waals surface area contributed by atoms with Crippen LogP contribution in [0.3, 0.4) is 0 Å². The molecule has 0 fully saturated rings. The van der Waals surface area contributed by atoms with Crippen molar-refractivity contribution < 1.29 is 13.2 Å². The first-order valence-electron chi connectivity index (χ1n) is 8.76. The molecule has 0 unspecified atom stereocenters. The van der Waals surface area contributed by atoms with Gasteiger partial charge in [0, 0.05) is 16.9 Å². The standard InChI is InChI=1S/C19H23N3O4S/c1-19(2,3)22-27(25,26)14-8-5-7-13(11-14)20-17(23)15-10-12-6-4-9-16(12)21-18(15)24/h5,7-8,10-11,22H,4,6,9H2,1-3H3,(H,20,23)(H,21,24). The highest BCUT2D eigenvalue weighted by Gasteiger charge is 2.23. The normalized spacial score (nSPS) is 14.0. The summed E-state index contributed by atoms with van der Waals surface area (Å²) in [4.78, 5) is 27.5. The van der Waals surface area contributed by atoms with Crippen LogP contribution >= 0.6 is 0 Å². The smallest absolute Gasteiger partial charge is 0.261 e. The third kappa shape index (κ3) is 4.45. The Balaban J connectivity index is 1.85. The van der Waals surface area contributed by atoms with Crippen molar-refractivity contribution in [2.45, 2.75) is 50.5 Å². The van der Waals surface area contributed by atoms with Crippen LogP contribution in [-0.4, -0.2) is 24.8 Å². The number of amides is 1. The summed E-state index contributed by atoms with van der Waals surface area (Å²) in [5, 5.41) is 2.61. The van der Waals surface area contributed by atoms with E-state index in [2.05, 4.69) is 15.0 Å². The fourth-order valence-electron chi connectivity index (χ4n) is 3.08. The quantitative estimate of drug-likeness (QED) is 0.745. The third-order valence-corrected chi connectivity index (χ3v) is 5.93. The van der Waals surface area contributed by atoms with Crippen molar-refractivity contribution in [1.29, 1.82) is 0 Å². The van der Waals surface area contributed by atoms with Gasteiger partial charge in [-0.15, -0.1) is 0 Å². The Morgan fingerprint density at radius 2 is 1.89 bits per heavy atom. The minimum Gasteiger partial charge on any atom is -0.325 e. The van der Waals surface area contributed by atoms with E-state index in [-0.39, 0.29) is 10.5 Å². The van der Waals surface area contributed by atoms with Crippen LogP contribution in [0, 0.1) is 0 Å². The summed E-state index contributed by atoms with van der Waals surface area (Å²) in [5.74, 6) is -0.565. The van der Waals surface area contributed by atoms with Crippen LogP contribution in [0.4, 0.5) is 5.69 Å². The summed E-state index contributed by atoms with van der Waals surface area (Å²) in [6, 6.07) is 7.56. The number of aromatic amines is 1. The first kappa shape index (κ1) is 19.3. The average molecular weight is 389 g/mol. The van der Waals surface area contributed by atoms with Gasteiger partial charge in [-0.3, -0.25) is 9.59 Å². The number of fused-ring (bicyclic) bond motifs is 1. The van der Waals surface area contributed by atoms with Gasteiger partial charge < -0.3 is 10.3 Å². The number of hydrogen-bond donors (Lipinski definition) is 3. The molecule has 0 aliphatic heterocycles. The molecule has 1 aliphatic rings. The lowest BCUT2D eigenvalue weighted by Crippen LogP contribution is -2.40. The molecule has 7 nitrogen and oxygen atoms in total. The summed E-state index contributed by atoms with van der Waals surface area (Å²) in [6.45, 7) is 5.24. The van der Waals surface area contributed by atoms with Gasteiger partial charge in [0.1, 0.15) is 5.56 Å². The second-order valence-corrected chi connectivity index (χ2v) is 9.39. The summed E-state index contributed by atoms with van der Waals surface area (Å²) in [7, 11) is -3.73. The second-order valence-electron chi connectivity index (χ2n) is 7.71. The average Bonchev–Trinajstić information content (AvgIpc) is 2.99. The van der Waals surface area contributed by atoms with Gasteiger partial charge in [0.2, 0.25) is 10.0 Å². The first-order chi connectivity index (χ1) is 12.5. The lowest BCUT2D eigenvalue weighted by molar-refractivity contribution is 0.102. The van der Waals surface area contributed by atoms with E-state index in [4.69, 9.17) is 0 Å². The zero-order valence-corrected chi connectivity index (χ0v) is 16.4. The molecule has 0 bridgehead atoms. The van der Waals surface area contributed by atoms with Crippen LogP contribution in [0.25, 0.3) is 0 Å². The largest absolute Gasteiger partial charge is 0.325 e. The van der Waals surface area contributed by atoms with E-state index < -0.39 is 27.0 Å². The minimum atomic E-state index is -3.73. The van der Waals surface area contributed by atoms with Crippen molar-refractivity contribution in [2.24, 2.45) is 0 Å². The van der Waals surface area contributed by atoms with Crippen molar-refractivity contribution in [3.8, 4) is 0 Å². The van der Waals surface area contributed by atoms with E-state index in [0.717, 1.165) is 30.5 Å². The molecule has 3 rings (SSSR count). The van der Waals surface area contributed by atoms with Crippen molar-refractivity contribution in [3.63, 3.8) is 0 Å². The number of H-pyrrole nitrogens is 1. The van der Waals surface area contributed by atoms with Gasteiger partial charge in [-0.1, -0.05) is 6.07 Å². The highest BCUT2D eigenvalue weighted by molar-refractivity contribution is 7.89. The molecule has 3 N–H and O–H groups in total. The van der Waals surface area contributed by atoms with Gasteiger partial charge >= 0.3 is 0 Å². The summed E-state index contributed by atoms with van der Waals surface area (Å²) in [5.41, 5.74) is 1.12. The zero-order valence-electron chi connectivity index (χ0n) is 15.5. The molecule has 1 heterocycles. The van der Waals surface area contributed by atoms with Crippen molar-refractivity contribution >= 4 is 21.6 Å². The monoisotopic (exact) mass is 389 g/mol. The number of carbonyl (C=O) groups excluding carboxylic acids is 1. The SMILES string of the molecule is CC(C)(C)NS(=O)(=O)c1cccc(NC(=O)c2cc3c([nH]c2=O)CCC3)c1. The second kappa shape index (κ2) is 6.94. The molecule has 1 aromatic heterocycles. The van der Waals surface area contributed by atoms with Gasteiger partial charge in [-0.05, 0) is 69.9 Å². The molecule has 1 aromatic carbocycles. The molecular formula is C19H23N3O4S. The molecular weight excluding hydrogens is 366 g/mol. The maximum absolute atomic E-state index is 12.5. The number of sulfonamides is 1. The predicted octanol–water partition coefficient (Wildman–Crippen LogP) is 2.19. The third-order valence-electron chi connectivity index (χ3n) is 4.18. The minimum absolute atomic E-state index is 0.0247. The Morgan fingerprint density at radius 1 is 1.15 bits per heavy atom. The molecule has 1 amide bonds. The Bertz CT molecular complexity index is 1050. The molecule has 2 aromatic rings. The van der Waals surface area contributed by atoms with Crippen LogP contribution < -0.4 is 15.6 Å². The highest BCUT2D eigenvalue weighted by Crippen LogP contribution is 2.20. The Labute approximate surface area is 158 Å². The Kier molecular flexibility index (Phi) is 4.96. The molecule has 0 atom stereocenters. The molecule has 0 saturated heterocycles. The number of pyridine rings is 1. The van der Waals surface area contributed by atoms with Gasteiger partial charge in [0.15, 0.2) is 0 Å². The summed E-state index contributed by atoms with van der Waals surface area (Å²) in [6.07, 6.45) is 2.60. The van der Waals surface area contributed by atoms with Gasteiger partial charge in [0.05, 0.1) is 4.90 Å². The van der Waals surface area contributed by atoms with E-state index in [1.54, 1.807) is 39.0 Å². The van der Waals surface area contributed by atoms with Gasteiger partial charge in [-0.25, -0.2) is 13.1 Å². The van der Waals surface area contributed by atoms with Crippen LogP contribution in [0.1, 0.15) is 48.8 Å². The maximum atomic E-state index is 12.5. The van der Waals surface area contributed by atoms with Gasteiger partial charge in [0.25, 0.3) is 11.5 Å². The van der Waals surface area contributed by atoms with Crippen molar-refractivity contribution in [1.82, 2.24) is 9.71 Å². The fourth-order valence-corrected chi connectivity index (χ4v) is 4.55. The summed E-state index contributed by atoms with van der Waals surface area (Å²) >= 11 is 0. The molecule has 1 aliphatic carbocycles. The molecule has 0 spiro atoms. The number of aromatic nitrogens is 1. The van der Waals surface area contributed by atoms with Crippen molar-refractivity contribution in [3.05, 3.63) is 57.5 Å².